The molecule has 2 N–H and O–H groups in total. The fourth-order valence-electron chi connectivity index (χ4n) is 3.17. The number of hydrogen-bond acceptors (Lipinski definition) is 3. The zero-order chi connectivity index (χ0) is 18.6. The zero-order valence-electron chi connectivity index (χ0n) is 16.7. The molecule has 0 radical (unpaired) electrons. The van der Waals surface area contributed by atoms with E-state index in [1.165, 1.54) is 25.6 Å². The van der Waals surface area contributed by atoms with E-state index >= 15 is 0 Å². The van der Waals surface area contributed by atoms with E-state index in [1.54, 1.807) is 12.1 Å². The molecule has 0 unspecified atom stereocenters. The van der Waals surface area contributed by atoms with E-state index in [-0.39, 0.29) is 29.8 Å². The lowest BCUT2D eigenvalue weighted by atomic mass is 10.1. The Balaban J connectivity index is 0.00000364. The number of halogens is 2. The molecular weight excluding hydrogens is 456 g/mol. The molecule has 1 aliphatic rings. The van der Waals surface area contributed by atoms with Gasteiger partial charge in [0, 0.05) is 32.7 Å². The average Bonchev–Trinajstić information content (AvgIpc) is 2.83. The fourth-order valence-corrected chi connectivity index (χ4v) is 3.17. The van der Waals surface area contributed by atoms with Crippen molar-refractivity contribution >= 4 is 29.9 Å². The number of likely N-dealkylation sites (N-methyl/N-ethyl adjacent to an activating group) is 1. The van der Waals surface area contributed by atoms with E-state index in [0.29, 0.717) is 0 Å². The summed E-state index contributed by atoms with van der Waals surface area (Å²) in [5.41, 5.74) is 1.000. The third-order valence-electron chi connectivity index (χ3n) is 4.65. The number of nitrogens with zero attached hydrogens (tertiary/aromatic N) is 3. The van der Waals surface area contributed by atoms with Crippen LogP contribution in [0, 0.1) is 5.82 Å². The first-order chi connectivity index (χ1) is 12.7. The lowest BCUT2D eigenvalue weighted by Crippen LogP contribution is -2.38. The molecule has 1 aromatic rings. The molecule has 2 rings (SSSR count). The van der Waals surface area contributed by atoms with Gasteiger partial charge >= 0.3 is 0 Å². The Bertz CT molecular complexity index is 555. The van der Waals surface area contributed by atoms with E-state index in [0.717, 1.165) is 63.6 Å². The summed E-state index contributed by atoms with van der Waals surface area (Å²) in [6, 6.07) is 6.77. The van der Waals surface area contributed by atoms with E-state index < -0.39 is 0 Å². The van der Waals surface area contributed by atoms with Crippen molar-refractivity contribution in [2.75, 3.05) is 59.4 Å². The second-order valence-electron chi connectivity index (χ2n) is 6.92. The van der Waals surface area contributed by atoms with Gasteiger partial charge in [0.05, 0.1) is 0 Å². The minimum atomic E-state index is -0.178. The first-order valence-corrected chi connectivity index (χ1v) is 9.85. The van der Waals surface area contributed by atoms with Crippen molar-refractivity contribution in [3.05, 3.63) is 35.6 Å². The van der Waals surface area contributed by atoms with Crippen molar-refractivity contribution in [2.24, 2.45) is 4.99 Å². The highest BCUT2D eigenvalue weighted by molar-refractivity contribution is 14.0. The summed E-state index contributed by atoms with van der Waals surface area (Å²) >= 11 is 0. The SMILES string of the molecule is CCNC(=NCCCN1CCCN(C)CC1)NCCc1cccc(F)c1.I. The standard InChI is InChI=1S/C20H34FN5.HI/c1-3-22-20(24-11-9-18-7-4-8-19(21)17-18)23-10-5-13-26-14-6-12-25(2)15-16-26;/h4,7-8,17H,3,5-6,9-16H2,1-2H3,(H2,22,23,24);1H. The molecule has 27 heavy (non-hydrogen) atoms. The predicted molar refractivity (Wildman–Crippen MR) is 123 cm³/mol. The molecule has 0 atom stereocenters. The summed E-state index contributed by atoms with van der Waals surface area (Å²) < 4.78 is 13.2. The van der Waals surface area contributed by atoms with Crippen LogP contribution in [0.1, 0.15) is 25.3 Å². The number of nitrogens with one attached hydrogen (secondary N) is 2. The van der Waals surface area contributed by atoms with Gasteiger partial charge in [0.2, 0.25) is 0 Å². The van der Waals surface area contributed by atoms with Crippen molar-refractivity contribution in [1.82, 2.24) is 20.4 Å². The second-order valence-corrected chi connectivity index (χ2v) is 6.92. The van der Waals surface area contributed by atoms with Crippen LogP contribution in [0.25, 0.3) is 0 Å². The molecule has 1 saturated heterocycles. The van der Waals surface area contributed by atoms with Gasteiger partial charge in [0.1, 0.15) is 5.82 Å². The molecule has 0 aliphatic carbocycles. The molecule has 0 aromatic heterocycles. The number of rotatable bonds is 8. The van der Waals surface area contributed by atoms with Gasteiger partial charge in [-0.25, -0.2) is 4.39 Å². The summed E-state index contributed by atoms with van der Waals surface area (Å²) in [4.78, 5) is 9.62. The minimum Gasteiger partial charge on any atom is -0.357 e. The molecule has 5 nitrogen and oxygen atoms in total. The van der Waals surface area contributed by atoms with Gasteiger partial charge in [0.15, 0.2) is 5.96 Å². The molecule has 1 aliphatic heterocycles. The summed E-state index contributed by atoms with van der Waals surface area (Å²) in [6.45, 7) is 10.3. The minimum absolute atomic E-state index is 0. The van der Waals surface area contributed by atoms with Crippen LogP contribution in [0.2, 0.25) is 0 Å². The Kier molecular flexibility index (Phi) is 12.6. The van der Waals surface area contributed by atoms with Gasteiger partial charge in [-0.3, -0.25) is 4.99 Å². The van der Waals surface area contributed by atoms with Gasteiger partial charge in [-0.15, -0.1) is 24.0 Å². The van der Waals surface area contributed by atoms with Crippen LogP contribution in [0.4, 0.5) is 4.39 Å². The number of aliphatic imine (C=N–C) groups is 1. The smallest absolute Gasteiger partial charge is 0.191 e. The number of benzene rings is 1. The van der Waals surface area contributed by atoms with Crippen molar-refractivity contribution in [3.8, 4) is 0 Å². The zero-order valence-corrected chi connectivity index (χ0v) is 19.0. The van der Waals surface area contributed by atoms with Gasteiger partial charge in [-0.2, -0.15) is 0 Å². The van der Waals surface area contributed by atoms with Gasteiger partial charge < -0.3 is 20.4 Å². The first kappa shape index (κ1) is 24.1. The quantitative estimate of drug-likeness (QED) is 0.254. The fraction of sp³-hybridized carbons (Fsp3) is 0.650. The molecule has 7 heteroatoms. The maximum absolute atomic E-state index is 13.2. The Morgan fingerprint density at radius 2 is 2.04 bits per heavy atom. The average molecular weight is 491 g/mol. The summed E-state index contributed by atoms with van der Waals surface area (Å²) in [5, 5.41) is 6.62. The van der Waals surface area contributed by atoms with Gasteiger partial charge in [-0.1, -0.05) is 12.1 Å². The van der Waals surface area contributed by atoms with Crippen molar-refractivity contribution < 1.29 is 4.39 Å². The molecule has 0 spiro atoms. The molecule has 1 fully saturated rings. The van der Waals surface area contributed by atoms with Crippen molar-refractivity contribution in [3.63, 3.8) is 0 Å². The third-order valence-corrected chi connectivity index (χ3v) is 4.65. The second kappa shape index (κ2) is 14.1. The Morgan fingerprint density at radius 1 is 1.19 bits per heavy atom. The van der Waals surface area contributed by atoms with E-state index in [9.17, 15) is 4.39 Å². The summed E-state index contributed by atoms with van der Waals surface area (Å²) in [6.07, 6.45) is 3.11. The monoisotopic (exact) mass is 491 g/mol. The lowest BCUT2D eigenvalue weighted by molar-refractivity contribution is 0.275. The van der Waals surface area contributed by atoms with Crippen LogP contribution in [0.15, 0.2) is 29.3 Å². The van der Waals surface area contributed by atoms with Crippen molar-refractivity contribution in [2.45, 2.75) is 26.2 Å². The Morgan fingerprint density at radius 3 is 2.81 bits per heavy atom. The molecule has 154 valence electrons. The summed E-state index contributed by atoms with van der Waals surface area (Å²) in [5.74, 6) is 0.669. The van der Waals surface area contributed by atoms with Gasteiger partial charge in [0.25, 0.3) is 0 Å². The Hall–Kier alpha value is -0.930. The van der Waals surface area contributed by atoms with Crippen LogP contribution in [-0.4, -0.2) is 75.2 Å². The highest BCUT2D eigenvalue weighted by Gasteiger charge is 2.11. The van der Waals surface area contributed by atoms with Crippen LogP contribution in [-0.2, 0) is 6.42 Å². The third kappa shape index (κ3) is 10.3. The number of guanidine groups is 1. The van der Waals surface area contributed by atoms with Crippen LogP contribution in [0.5, 0.6) is 0 Å². The molecule has 1 aromatic carbocycles. The predicted octanol–water partition coefficient (Wildman–Crippen LogP) is 2.57. The molecule has 0 saturated carbocycles. The Labute approximate surface area is 180 Å². The summed E-state index contributed by atoms with van der Waals surface area (Å²) in [7, 11) is 2.20. The highest BCUT2D eigenvalue weighted by Crippen LogP contribution is 2.04. The lowest BCUT2D eigenvalue weighted by Gasteiger charge is -2.19. The number of hydrogen-bond donors (Lipinski definition) is 2. The van der Waals surface area contributed by atoms with E-state index in [1.807, 2.05) is 6.07 Å². The van der Waals surface area contributed by atoms with Crippen molar-refractivity contribution in [1.29, 1.82) is 0 Å². The molecular formula is C20H35FIN5. The molecule has 0 amide bonds. The van der Waals surface area contributed by atoms with E-state index in [2.05, 4.69) is 39.4 Å². The molecule has 1 heterocycles. The normalized spacial score (nSPS) is 16.5. The largest absolute Gasteiger partial charge is 0.357 e. The maximum Gasteiger partial charge on any atom is 0.191 e. The molecule has 0 bridgehead atoms. The highest BCUT2D eigenvalue weighted by atomic mass is 127. The van der Waals surface area contributed by atoms with Crippen LogP contribution >= 0.6 is 24.0 Å². The topological polar surface area (TPSA) is 42.9 Å². The van der Waals surface area contributed by atoms with Gasteiger partial charge in [-0.05, 0) is 70.6 Å². The first-order valence-electron chi connectivity index (χ1n) is 9.85. The van der Waals surface area contributed by atoms with Crippen LogP contribution < -0.4 is 10.6 Å². The van der Waals surface area contributed by atoms with E-state index in [4.69, 9.17) is 0 Å². The van der Waals surface area contributed by atoms with Crippen LogP contribution in [0.3, 0.4) is 0 Å². The maximum atomic E-state index is 13.2.